The van der Waals surface area contributed by atoms with Gasteiger partial charge in [-0.1, -0.05) is 42.5 Å². The second-order valence-corrected chi connectivity index (χ2v) is 7.65. The van der Waals surface area contributed by atoms with Crippen molar-refractivity contribution in [2.24, 2.45) is 0 Å². The Kier molecular flexibility index (Phi) is 7.93. The summed E-state index contributed by atoms with van der Waals surface area (Å²) in [6.07, 6.45) is 2.10. The van der Waals surface area contributed by atoms with Gasteiger partial charge in [-0.05, 0) is 56.4 Å². The maximum Gasteiger partial charge on any atom is 0.411 e. The fourth-order valence-corrected chi connectivity index (χ4v) is 4.04. The maximum absolute atomic E-state index is 13.2. The van der Waals surface area contributed by atoms with Crippen LogP contribution in [-0.2, 0) is 27.3 Å². The Balaban J connectivity index is 1.83. The average Bonchev–Trinajstić information content (AvgIpc) is 2.80. The third kappa shape index (κ3) is 5.57. The van der Waals surface area contributed by atoms with Crippen molar-refractivity contribution in [1.29, 1.82) is 0 Å². The number of hydrogen-bond donors (Lipinski definition) is 0. The minimum Gasteiger partial charge on any atom is -0.494 e. The zero-order valence-electron chi connectivity index (χ0n) is 18.3. The summed E-state index contributed by atoms with van der Waals surface area (Å²) < 4.78 is 16.6. The number of benzene rings is 2. The van der Waals surface area contributed by atoms with Crippen LogP contribution in [0.1, 0.15) is 44.2 Å². The molecule has 1 aliphatic heterocycles. The van der Waals surface area contributed by atoms with Crippen LogP contribution < -0.4 is 4.74 Å². The summed E-state index contributed by atoms with van der Waals surface area (Å²) in [5.74, 6) is 0.402. The molecule has 2 aromatic carbocycles. The van der Waals surface area contributed by atoms with Gasteiger partial charge in [0.2, 0.25) is 0 Å². The summed E-state index contributed by atoms with van der Waals surface area (Å²) in [7, 11) is 0. The summed E-state index contributed by atoms with van der Waals surface area (Å²) in [4.78, 5) is 27.9. The number of hydrogen-bond acceptors (Lipinski definition) is 5. The molecule has 1 aliphatic rings. The molecule has 0 bridgehead atoms. The molecule has 31 heavy (non-hydrogen) atoms. The van der Waals surface area contributed by atoms with Crippen molar-refractivity contribution in [3.05, 3.63) is 65.7 Å². The van der Waals surface area contributed by atoms with Gasteiger partial charge in [-0.3, -0.25) is 4.90 Å². The molecule has 166 valence electrons. The molecule has 2 aromatic rings. The Labute approximate surface area is 184 Å². The second kappa shape index (κ2) is 10.8. The van der Waals surface area contributed by atoms with Crippen LogP contribution in [-0.4, -0.2) is 42.3 Å². The molecule has 0 spiro atoms. The lowest BCUT2D eigenvalue weighted by Crippen LogP contribution is -2.61. The molecule has 3 rings (SSSR count). The van der Waals surface area contributed by atoms with Crippen LogP contribution in [0.15, 0.2) is 54.6 Å². The number of carbonyl (C=O) groups excluding carboxylic acids is 2. The highest BCUT2D eigenvalue weighted by Gasteiger charge is 2.49. The van der Waals surface area contributed by atoms with Crippen LogP contribution in [0.3, 0.4) is 0 Å². The van der Waals surface area contributed by atoms with Crippen molar-refractivity contribution in [1.82, 2.24) is 4.90 Å². The first-order valence-electron chi connectivity index (χ1n) is 11.0. The zero-order chi connectivity index (χ0) is 22.1. The van der Waals surface area contributed by atoms with Crippen LogP contribution in [0, 0.1) is 0 Å². The standard InChI is InChI=1S/C25H31NO5/c1-3-29-22-14-12-20(13-15-22)18-25(23(27)30-4-2)16-8-9-17-26(25)24(28)31-19-21-10-6-5-7-11-21/h5-7,10-15H,3-4,8-9,16-19H2,1-2H3/t25-/m0/s1. The van der Waals surface area contributed by atoms with Gasteiger partial charge in [0.05, 0.1) is 13.2 Å². The Morgan fingerprint density at radius 2 is 1.65 bits per heavy atom. The van der Waals surface area contributed by atoms with E-state index < -0.39 is 11.6 Å². The molecular weight excluding hydrogens is 394 g/mol. The topological polar surface area (TPSA) is 65.1 Å². The number of amides is 1. The van der Waals surface area contributed by atoms with E-state index in [-0.39, 0.29) is 19.2 Å². The fraction of sp³-hybridized carbons (Fsp3) is 0.440. The number of piperidine rings is 1. The van der Waals surface area contributed by atoms with E-state index in [2.05, 4.69) is 0 Å². The Hall–Kier alpha value is -3.02. The highest BCUT2D eigenvalue weighted by molar-refractivity contribution is 5.86. The van der Waals surface area contributed by atoms with Gasteiger partial charge < -0.3 is 14.2 Å². The second-order valence-electron chi connectivity index (χ2n) is 7.65. The van der Waals surface area contributed by atoms with Crippen molar-refractivity contribution in [3.8, 4) is 5.75 Å². The fourth-order valence-electron chi connectivity index (χ4n) is 4.04. The molecule has 0 N–H and O–H groups in total. The molecule has 0 aliphatic carbocycles. The monoisotopic (exact) mass is 425 g/mol. The molecule has 1 amide bonds. The summed E-state index contributed by atoms with van der Waals surface area (Å²) in [5.41, 5.74) is 0.773. The molecule has 6 nitrogen and oxygen atoms in total. The lowest BCUT2D eigenvalue weighted by molar-refractivity contribution is -0.159. The number of rotatable bonds is 8. The number of esters is 1. The third-order valence-corrected chi connectivity index (χ3v) is 5.55. The van der Waals surface area contributed by atoms with Crippen molar-refractivity contribution in [2.75, 3.05) is 19.8 Å². The number of nitrogens with zero attached hydrogens (tertiary/aromatic N) is 1. The van der Waals surface area contributed by atoms with E-state index in [1.807, 2.05) is 61.5 Å². The minimum absolute atomic E-state index is 0.165. The van der Waals surface area contributed by atoms with Crippen molar-refractivity contribution >= 4 is 12.1 Å². The van der Waals surface area contributed by atoms with Crippen LogP contribution in [0.4, 0.5) is 4.79 Å². The van der Waals surface area contributed by atoms with Crippen LogP contribution >= 0.6 is 0 Å². The van der Waals surface area contributed by atoms with Gasteiger partial charge in [0.1, 0.15) is 17.9 Å². The van der Waals surface area contributed by atoms with Gasteiger partial charge in [-0.15, -0.1) is 0 Å². The lowest BCUT2D eigenvalue weighted by atomic mass is 9.81. The molecule has 0 radical (unpaired) electrons. The highest BCUT2D eigenvalue weighted by Crippen LogP contribution is 2.34. The third-order valence-electron chi connectivity index (χ3n) is 5.55. The van der Waals surface area contributed by atoms with E-state index >= 15 is 0 Å². The predicted molar refractivity (Wildman–Crippen MR) is 118 cm³/mol. The largest absolute Gasteiger partial charge is 0.494 e. The van der Waals surface area contributed by atoms with E-state index in [0.717, 1.165) is 29.7 Å². The molecule has 1 fully saturated rings. The number of likely N-dealkylation sites (tertiary alicyclic amines) is 1. The molecule has 0 aromatic heterocycles. The number of ether oxygens (including phenoxy) is 3. The molecule has 1 heterocycles. The predicted octanol–water partition coefficient (Wildman–Crippen LogP) is 4.75. The first-order chi connectivity index (χ1) is 15.1. The molecule has 1 atom stereocenters. The summed E-state index contributed by atoms with van der Waals surface area (Å²) in [6, 6.07) is 17.2. The van der Waals surface area contributed by atoms with Gasteiger partial charge in [0.15, 0.2) is 0 Å². The lowest BCUT2D eigenvalue weighted by Gasteiger charge is -2.44. The van der Waals surface area contributed by atoms with Crippen molar-refractivity contribution < 1.29 is 23.8 Å². The SMILES string of the molecule is CCOC(=O)[C@@]1(Cc2ccc(OCC)cc2)CCCCN1C(=O)OCc1ccccc1. The zero-order valence-corrected chi connectivity index (χ0v) is 18.3. The van der Waals surface area contributed by atoms with E-state index in [1.165, 1.54) is 0 Å². The Bertz CT molecular complexity index is 852. The molecule has 6 heteroatoms. The van der Waals surface area contributed by atoms with Gasteiger partial charge in [0, 0.05) is 13.0 Å². The van der Waals surface area contributed by atoms with Crippen molar-refractivity contribution in [2.45, 2.75) is 51.7 Å². The van der Waals surface area contributed by atoms with Crippen molar-refractivity contribution in [3.63, 3.8) is 0 Å². The van der Waals surface area contributed by atoms with Crippen LogP contribution in [0.5, 0.6) is 5.75 Å². The van der Waals surface area contributed by atoms with E-state index in [1.54, 1.807) is 11.8 Å². The maximum atomic E-state index is 13.2. The number of carbonyl (C=O) groups is 2. The van der Waals surface area contributed by atoms with Gasteiger partial charge in [0.25, 0.3) is 0 Å². The van der Waals surface area contributed by atoms with E-state index in [4.69, 9.17) is 14.2 Å². The van der Waals surface area contributed by atoms with Gasteiger partial charge in [-0.2, -0.15) is 0 Å². The molecule has 0 unspecified atom stereocenters. The van der Waals surface area contributed by atoms with Crippen LogP contribution in [0.2, 0.25) is 0 Å². The molecular formula is C25H31NO5. The first kappa shape index (κ1) is 22.7. The quantitative estimate of drug-likeness (QED) is 0.571. The van der Waals surface area contributed by atoms with E-state index in [0.29, 0.717) is 26.0 Å². The van der Waals surface area contributed by atoms with Crippen LogP contribution in [0.25, 0.3) is 0 Å². The smallest absolute Gasteiger partial charge is 0.411 e. The highest BCUT2D eigenvalue weighted by atomic mass is 16.6. The van der Waals surface area contributed by atoms with E-state index in [9.17, 15) is 9.59 Å². The molecule has 1 saturated heterocycles. The minimum atomic E-state index is -1.07. The summed E-state index contributed by atoms with van der Waals surface area (Å²) in [6.45, 7) is 5.19. The first-order valence-corrected chi connectivity index (χ1v) is 11.0. The Morgan fingerprint density at radius 1 is 0.903 bits per heavy atom. The average molecular weight is 426 g/mol. The normalized spacial score (nSPS) is 18.3. The summed E-state index contributed by atoms with van der Waals surface area (Å²) in [5, 5.41) is 0. The Morgan fingerprint density at radius 3 is 2.32 bits per heavy atom. The van der Waals surface area contributed by atoms with Gasteiger partial charge in [-0.25, -0.2) is 9.59 Å². The molecule has 0 saturated carbocycles. The summed E-state index contributed by atoms with van der Waals surface area (Å²) >= 11 is 0. The van der Waals surface area contributed by atoms with Gasteiger partial charge >= 0.3 is 12.1 Å².